The zero-order chi connectivity index (χ0) is 10.9. The molecule has 2 N–H and O–H groups in total. The van der Waals surface area contributed by atoms with Gasteiger partial charge in [0.1, 0.15) is 0 Å². The highest BCUT2D eigenvalue weighted by Crippen LogP contribution is 2.40. The van der Waals surface area contributed by atoms with Gasteiger partial charge in [0.2, 0.25) is 0 Å². The van der Waals surface area contributed by atoms with Gasteiger partial charge in [0, 0.05) is 0 Å². The van der Waals surface area contributed by atoms with Gasteiger partial charge in [0.15, 0.2) is 0 Å². The van der Waals surface area contributed by atoms with Crippen LogP contribution in [0.25, 0.3) is 0 Å². The van der Waals surface area contributed by atoms with E-state index >= 15 is 0 Å². The van der Waals surface area contributed by atoms with Crippen molar-refractivity contribution in [2.45, 2.75) is 20.3 Å². The first-order chi connectivity index (χ1) is 6.36. The molecule has 0 bridgehead atoms. The van der Waals surface area contributed by atoms with Crippen LogP contribution in [0.5, 0.6) is 0 Å². The summed E-state index contributed by atoms with van der Waals surface area (Å²) in [6.07, 6.45) is 3.83. The maximum atomic E-state index is 11.0. The van der Waals surface area contributed by atoms with Gasteiger partial charge in [0.05, 0.1) is 11.8 Å². The number of carboxylic acid groups (broad SMARTS) is 2. The van der Waals surface area contributed by atoms with E-state index in [-0.39, 0.29) is 0 Å². The second kappa shape index (κ2) is 3.44. The van der Waals surface area contributed by atoms with Gasteiger partial charge < -0.3 is 10.2 Å². The lowest BCUT2D eigenvalue weighted by atomic mass is 9.67. The van der Waals surface area contributed by atoms with Gasteiger partial charge in [-0.05, 0) is 11.8 Å². The molecule has 0 aromatic heterocycles. The molecule has 78 valence electrons. The Labute approximate surface area is 82.2 Å². The van der Waals surface area contributed by atoms with Crippen LogP contribution in [0.15, 0.2) is 12.2 Å². The molecule has 1 aliphatic rings. The zero-order valence-corrected chi connectivity index (χ0v) is 8.23. The molecule has 4 nitrogen and oxygen atoms in total. The van der Waals surface area contributed by atoms with Gasteiger partial charge in [0.25, 0.3) is 0 Å². The van der Waals surface area contributed by atoms with Gasteiger partial charge in [-0.1, -0.05) is 26.0 Å². The Bertz CT molecular complexity index is 290. The van der Waals surface area contributed by atoms with E-state index in [1.54, 1.807) is 26.0 Å². The van der Waals surface area contributed by atoms with Crippen molar-refractivity contribution in [2.24, 2.45) is 17.3 Å². The van der Waals surface area contributed by atoms with Crippen molar-refractivity contribution in [3.8, 4) is 0 Å². The Morgan fingerprint density at radius 3 is 2.21 bits per heavy atom. The molecular weight excluding hydrogens is 184 g/mol. The molecule has 1 rings (SSSR count). The van der Waals surface area contributed by atoms with E-state index in [4.69, 9.17) is 10.2 Å². The summed E-state index contributed by atoms with van der Waals surface area (Å²) in [7, 11) is 0. The van der Waals surface area contributed by atoms with Crippen LogP contribution in [-0.2, 0) is 9.59 Å². The maximum Gasteiger partial charge on any atom is 0.308 e. The minimum absolute atomic E-state index is 0.301. The number of carboxylic acids is 2. The summed E-state index contributed by atoms with van der Waals surface area (Å²) in [5.41, 5.74) is -0.590. The van der Waals surface area contributed by atoms with Crippen molar-refractivity contribution in [3.63, 3.8) is 0 Å². The van der Waals surface area contributed by atoms with Gasteiger partial charge in [-0.2, -0.15) is 0 Å². The van der Waals surface area contributed by atoms with Crippen LogP contribution in [0.3, 0.4) is 0 Å². The number of aliphatic carboxylic acids is 2. The molecule has 0 fully saturated rings. The van der Waals surface area contributed by atoms with Gasteiger partial charge in [-0.3, -0.25) is 9.59 Å². The van der Waals surface area contributed by atoms with E-state index in [9.17, 15) is 9.59 Å². The highest BCUT2D eigenvalue weighted by molar-refractivity contribution is 5.81. The standard InChI is InChI=1S/C10H14O4/c1-10(2)5-3-4-6(8(11)12)7(10)9(13)14/h3,5-7H,4H2,1-2H3,(H,11,12)(H,13,14)/t6-,7+/m1/s1. The molecule has 1 aliphatic carbocycles. The summed E-state index contributed by atoms with van der Waals surface area (Å²) in [5.74, 6) is -3.72. The molecule has 0 unspecified atom stereocenters. The molecule has 0 spiro atoms. The molecule has 0 radical (unpaired) electrons. The van der Waals surface area contributed by atoms with Gasteiger partial charge in [-0.25, -0.2) is 0 Å². The van der Waals surface area contributed by atoms with E-state index in [0.29, 0.717) is 6.42 Å². The van der Waals surface area contributed by atoms with Crippen molar-refractivity contribution in [3.05, 3.63) is 12.2 Å². The number of hydrogen-bond acceptors (Lipinski definition) is 2. The van der Waals surface area contributed by atoms with Gasteiger partial charge in [-0.15, -0.1) is 0 Å². The van der Waals surface area contributed by atoms with E-state index in [2.05, 4.69) is 0 Å². The summed E-state index contributed by atoms with van der Waals surface area (Å²) >= 11 is 0. The van der Waals surface area contributed by atoms with E-state index in [1.807, 2.05) is 0 Å². The molecular formula is C10H14O4. The molecule has 0 aliphatic heterocycles. The minimum atomic E-state index is -1.04. The maximum absolute atomic E-state index is 11.0. The molecule has 2 atom stereocenters. The Kier molecular flexibility index (Phi) is 2.64. The third-order valence-electron chi connectivity index (χ3n) is 2.72. The van der Waals surface area contributed by atoms with Crippen molar-refractivity contribution in [1.29, 1.82) is 0 Å². The lowest BCUT2D eigenvalue weighted by Gasteiger charge is -2.35. The first kappa shape index (κ1) is 10.8. The minimum Gasteiger partial charge on any atom is -0.481 e. The molecule has 0 aromatic carbocycles. The van der Waals surface area contributed by atoms with Crippen molar-refractivity contribution in [1.82, 2.24) is 0 Å². The number of carbonyl (C=O) groups is 2. The molecule has 4 heteroatoms. The van der Waals surface area contributed by atoms with Crippen LogP contribution in [-0.4, -0.2) is 22.2 Å². The highest BCUT2D eigenvalue weighted by atomic mass is 16.4. The van der Waals surface area contributed by atoms with Crippen molar-refractivity contribution in [2.75, 3.05) is 0 Å². The predicted octanol–water partition coefficient (Wildman–Crippen LogP) is 1.37. The first-order valence-electron chi connectivity index (χ1n) is 4.49. The smallest absolute Gasteiger partial charge is 0.308 e. The molecule has 0 aromatic rings. The first-order valence-corrected chi connectivity index (χ1v) is 4.49. The average molecular weight is 198 g/mol. The van der Waals surface area contributed by atoms with E-state index in [0.717, 1.165) is 0 Å². The summed E-state index contributed by atoms with van der Waals surface area (Å²) in [5, 5.41) is 17.9. The molecule has 0 saturated heterocycles. The Morgan fingerprint density at radius 1 is 1.29 bits per heavy atom. The lowest BCUT2D eigenvalue weighted by Crippen LogP contribution is -2.41. The van der Waals surface area contributed by atoms with Crippen LogP contribution >= 0.6 is 0 Å². The van der Waals surface area contributed by atoms with Crippen molar-refractivity contribution < 1.29 is 19.8 Å². The summed E-state index contributed by atoms with van der Waals surface area (Å²) in [6.45, 7) is 3.49. The fraction of sp³-hybridized carbons (Fsp3) is 0.600. The molecule has 0 saturated carbocycles. The fourth-order valence-electron chi connectivity index (χ4n) is 2.01. The van der Waals surface area contributed by atoms with Gasteiger partial charge >= 0.3 is 11.9 Å². The Morgan fingerprint density at radius 2 is 1.86 bits per heavy atom. The number of allylic oxidation sites excluding steroid dienone is 2. The largest absolute Gasteiger partial charge is 0.481 e. The quantitative estimate of drug-likeness (QED) is 0.657. The molecule has 0 amide bonds. The zero-order valence-electron chi connectivity index (χ0n) is 8.23. The Hall–Kier alpha value is -1.32. The van der Waals surface area contributed by atoms with Crippen LogP contribution in [0.2, 0.25) is 0 Å². The summed E-state index contributed by atoms with van der Waals surface area (Å²) in [4.78, 5) is 21.8. The lowest BCUT2D eigenvalue weighted by molar-refractivity contribution is -0.158. The monoisotopic (exact) mass is 198 g/mol. The van der Waals surface area contributed by atoms with Crippen LogP contribution in [0.4, 0.5) is 0 Å². The second-order valence-corrected chi connectivity index (χ2v) is 4.22. The fourth-order valence-corrected chi connectivity index (χ4v) is 2.01. The summed E-state index contributed by atoms with van der Waals surface area (Å²) < 4.78 is 0. The normalized spacial score (nSPS) is 29.9. The van der Waals surface area contributed by atoms with Crippen LogP contribution in [0.1, 0.15) is 20.3 Å². The third kappa shape index (κ3) is 1.78. The average Bonchev–Trinajstić information content (AvgIpc) is 2.00. The van der Waals surface area contributed by atoms with E-state index in [1.165, 1.54) is 0 Å². The third-order valence-corrected chi connectivity index (χ3v) is 2.72. The van der Waals surface area contributed by atoms with E-state index < -0.39 is 29.2 Å². The SMILES string of the molecule is CC1(C)C=CC[C@@H](C(=O)O)[C@H]1C(=O)O. The predicted molar refractivity (Wildman–Crippen MR) is 49.8 cm³/mol. The van der Waals surface area contributed by atoms with Crippen LogP contribution < -0.4 is 0 Å². The number of hydrogen-bond donors (Lipinski definition) is 2. The molecule has 0 heterocycles. The number of rotatable bonds is 2. The van der Waals surface area contributed by atoms with Crippen molar-refractivity contribution >= 4 is 11.9 Å². The second-order valence-electron chi connectivity index (χ2n) is 4.22. The van der Waals surface area contributed by atoms with Crippen LogP contribution in [0, 0.1) is 17.3 Å². The topological polar surface area (TPSA) is 74.6 Å². The summed E-state index contributed by atoms with van der Waals surface area (Å²) in [6, 6.07) is 0. The molecule has 14 heavy (non-hydrogen) atoms. The highest BCUT2D eigenvalue weighted by Gasteiger charge is 2.44. The Balaban J connectivity index is 3.06.